The highest BCUT2D eigenvalue weighted by Gasteiger charge is 2.15. The number of fused-ring (bicyclic) bond motifs is 1. The lowest BCUT2D eigenvalue weighted by Gasteiger charge is -2.22. The van der Waals surface area contributed by atoms with Gasteiger partial charge < -0.3 is 5.32 Å². The third-order valence-electron chi connectivity index (χ3n) is 4.39. The van der Waals surface area contributed by atoms with Crippen LogP contribution in [0.1, 0.15) is 60.3 Å². The molecule has 1 heterocycles. The second-order valence-electron chi connectivity index (χ2n) is 6.01. The first-order valence-corrected chi connectivity index (χ1v) is 9.42. The van der Waals surface area contributed by atoms with Gasteiger partial charge in [0.15, 0.2) is 0 Å². The summed E-state index contributed by atoms with van der Waals surface area (Å²) in [5.74, 6) is 0. The Morgan fingerprint density at radius 3 is 2.52 bits per heavy atom. The van der Waals surface area contributed by atoms with Crippen molar-refractivity contribution in [1.82, 2.24) is 5.32 Å². The van der Waals surface area contributed by atoms with Crippen LogP contribution in [0.4, 0.5) is 0 Å². The predicted molar refractivity (Wildman–Crippen MR) is 95.1 cm³/mol. The first-order chi connectivity index (χ1) is 10.1. The molecule has 1 nitrogen and oxygen atoms in total. The lowest BCUT2D eigenvalue weighted by Crippen LogP contribution is -2.22. The van der Waals surface area contributed by atoms with Crippen molar-refractivity contribution >= 4 is 27.3 Å². The fourth-order valence-electron chi connectivity index (χ4n) is 3.13. The van der Waals surface area contributed by atoms with E-state index in [2.05, 4.69) is 64.7 Å². The van der Waals surface area contributed by atoms with Gasteiger partial charge in [-0.15, -0.1) is 11.3 Å². The minimum Gasteiger partial charge on any atom is -0.303 e. The monoisotopic (exact) mass is 363 g/mol. The average molecular weight is 364 g/mol. The van der Waals surface area contributed by atoms with Gasteiger partial charge in [0.1, 0.15) is 0 Å². The van der Waals surface area contributed by atoms with Crippen molar-refractivity contribution < 1.29 is 0 Å². The molecule has 0 radical (unpaired) electrons. The minimum absolute atomic E-state index is 0.382. The lowest BCUT2D eigenvalue weighted by atomic mass is 9.89. The zero-order valence-electron chi connectivity index (χ0n) is 12.7. The molecule has 0 saturated heterocycles. The van der Waals surface area contributed by atoms with Gasteiger partial charge in [-0.3, -0.25) is 0 Å². The van der Waals surface area contributed by atoms with Crippen LogP contribution in [0.15, 0.2) is 34.1 Å². The van der Waals surface area contributed by atoms with Gasteiger partial charge in [-0.05, 0) is 78.2 Å². The van der Waals surface area contributed by atoms with E-state index in [-0.39, 0.29) is 0 Å². The molecule has 3 rings (SSSR count). The molecule has 2 unspecified atom stereocenters. The summed E-state index contributed by atoms with van der Waals surface area (Å²) >= 11 is 5.34. The molecule has 1 aliphatic rings. The number of halogens is 1. The molecule has 3 heteroatoms. The van der Waals surface area contributed by atoms with Gasteiger partial charge in [-0.25, -0.2) is 0 Å². The van der Waals surface area contributed by atoms with Gasteiger partial charge in [0.2, 0.25) is 0 Å². The molecule has 1 aromatic carbocycles. The van der Waals surface area contributed by atoms with Crippen LogP contribution in [-0.4, -0.2) is 0 Å². The summed E-state index contributed by atoms with van der Waals surface area (Å²) in [6.07, 6.45) is 5.21. The zero-order valence-corrected chi connectivity index (χ0v) is 15.1. The molecule has 0 aliphatic heterocycles. The molecule has 21 heavy (non-hydrogen) atoms. The van der Waals surface area contributed by atoms with Crippen LogP contribution in [0.25, 0.3) is 0 Å². The number of aryl methyl sites for hydroxylation is 2. The lowest BCUT2D eigenvalue weighted by molar-refractivity contribution is 0.499. The Bertz CT molecular complexity index is 619. The minimum atomic E-state index is 0.382. The van der Waals surface area contributed by atoms with E-state index in [4.69, 9.17) is 0 Å². The Morgan fingerprint density at radius 1 is 1.05 bits per heavy atom. The molecule has 112 valence electrons. The predicted octanol–water partition coefficient (Wildman–Crippen LogP) is 5.80. The molecule has 1 N–H and O–H groups in total. The summed E-state index contributed by atoms with van der Waals surface area (Å²) in [6.45, 7) is 4.51. The van der Waals surface area contributed by atoms with Crippen LogP contribution < -0.4 is 5.32 Å². The van der Waals surface area contributed by atoms with Crippen molar-refractivity contribution in [3.05, 3.63) is 55.7 Å². The van der Waals surface area contributed by atoms with E-state index in [1.54, 1.807) is 11.1 Å². The van der Waals surface area contributed by atoms with Crippen molar-refractivity contribution in [2.24, 2.45) is 0 Å². The Balaban J connectivity index is 1.71. The van der Waals surface area contributed by atoms with Gasteiger partial charge in [-0.2, -0.15) is 0 Å². The molecule has 0 saturated carbocycles. The van der Waals surface area contributed by atoms with Crippen molar-refractivity contribution in [3.63, 3.8) is 0 Å². The molecule has 0 amide bonds. The summed E-state index contributed by atoms with van der Waals surface area (Å²) in [5.41, 5.74) is 4.55. The molecule has 1 aromatic heterocycles. The fraction of sp³-hybridized carbons (Fsp3) is 0.444. The van der Waals surface area contributed by atoms with E-state index >= 15 is 0 Å². The Morgan fingerprint density at radius 2 is 1.81 bits per heavy atom. The molecule has 0 spiro atoms. The summed E-state index contributed by atoms with van der Waals surface area (Å²) in [4.78, 5) is 1.38. The topological polar surface area (TPSA) is 12.0 Å². The maximum atomic E-state index is 3.72. The maximum Gasteiger partial charge on any atom is 0.0391 e. The summed E-state index contributed by atoms with van der Waals surface area (Å²) < 4.78 is 1.18. The van der Waals surface area contributed by atoms with E-state index in [0.717, 1.165) is 0 Å². The van der Waals surface area contributed by atoms with Crippen LogP contribution in [0.2, 0.25) is 0 Å². The second-order valence-corrected chi connectivity index (χ2v) is 7.87. The van der Waals surface area contributed by atoms with E-state index in [0.29, 0.717) is 12.1 Å². The van der Waals surface area contributed by atoms with Crippen molar-refractivity contribution in [2.45, 2.75) is 51.6 Å². The highest BCUT2D eigenvalue weighted by atomic mass is 79.9. The first-order valence-electron chi connectivity index (χ1n) is 7.75. The van der Waals surface area contributed by atoms with Gasteiger partial charge in [0.25, 0.3) is 0 Å². The van der Waals surface area contributed by atoms with Crippen LogP contribution in [0.5, 0.6) is 0 Å². The smallest absolute Gasteiger partial charge is 0.0391 e. The number of nitrogens with one attached hydrogen (secondary N) is 1. The Labute approximate surface area is 139 Å². The summed E-state index contributed by atoms with van der Waals surface area (Å²) in [5, 5.41) is 5.87. The van der Waals surface area contributed by atoms with Gasteiger partial charge in [0, 0.05) is 26.8 Å². The average Bonchev–Trinajstić information content (AvgIpc) is 2.93. The maximum absolute atomic E-state index is 3.72. The van der Waals surface area contributed by atoms with Gasteiger partial charge >= 0.3 is 0 Å². The number of thiophene rings is 1. The first kappa shape index (κ1) is 15.3. The van der Waals surface area contributed by atoms with Crippen molar-refractivity contribution in [3.8, 4) is 0 Å². The summed E-state index contributed by atoms with van der Waals surface area (Å²) in [6, 6.07) is 10.0. The summed E-state index contributed by atoms with van der Waals surface area (Å²) in [7, 11) is 0. The van der Waals surface area contributed by atoms with Gasteiger partial charge in [0.05, 0.1) is 0 Å². The second kappa shape index (κ2) is 6.64. The van der Waals surface area contributed by atoms with Gasteiger partial charge in [-0.1, -0.05) is 18.2 Å². The van der Waals surface area contributed by atoms with E-state index in [1.807, 2.05) is 11.3 Å². The fourth-order valence-corrected chi connectivity index (χ4v) is 4.59. The van der Waals surface area contributed by atoms with Crippen molar-refractivity contribution in [2.75, 3.05) is 0 Å². The standard InChI is InChI=1S/C18H22BrNS/c1-12(20-13(2)18-10-17(19)11-21-18)15-8-7-14-5-3-4-6-16(14)9-15/h7-13,20H,3-6H2,1-2H3. The van der Waals surface area contributed by atoms with E-state index in [9.17, 15) is 0 Å². The van der Waals surface area contributed by atoms with E-state index in [1.165, 1.54) is 40.6 Å². The van der Waals surface area contributed by atoms with Crippen molar-refractivity contribution in [1.29, 1.82) is 0 Å². The van der Waals surface area contributed by atoms with Crippen LogP contribution in [0, 0.1) is 0 Å². The molecular weight excluding hydrogens is 342 g/mol. The molecule has 2 aromatic rings. The molecule has 1 aliphatic carbocycles. The molecule has 0 bridgehead atoms. The number of hydrogen-bond donors (Lipinski definition) is 1. The molecule has 0 fully saturated rings. The number of rotatable bonds is 4. The third kappa shape index (κ3) is 3.58. The van der Waals surface area contributed by atoms with Crippen LogP contribution in [0.3, 0.4) is 0 Å². The number of hydrogen-bond acceptors (Lipinski definition) is 2. The zero-order chi connectivity index (χ0) is 14.8. The SMILES string of the molecule is CC(NC(C)c1cc(Br)cs1)c1ccc2c(c1)CCCC2. The van der Waals surface area contributed by atoms with Crippen LogP contribution >= 0.6 is 27.3 Å². The van der Waals surface area contributed by atoms with E-state index < -0.39 is 0 Å². The quantitative estimate of drug-likeness (QED) is 0.723. The molecular formula is C18H22BrNS. The normalized spacial score (nSPS) is 17.3. The Hall–Kier alpha value is -0.640. The molecule has 2 atom stereocenters. The largest absolute Gasteiger partial charge is 0.303 e. The van der Waals surface area contributed by atoms with Crippen LogP contribution in [-0.2, 0) is 12.8 Å². The number of benzene rings is 1. The Kier molecular flexibility index (Phi) is 4.82. The highest BCUT2D eigenvalue weighted by Crippen LogP contribution is 2.29. The third-order valence-corrected chi connectivity index (χ3v) is 6.26. The highest BCUT2D eigenvalue weighted by molar-refractivity contribution is 9.10.